The molecule has 0 aliphatic rings. The first-order chi connectivity index (χ1) is 7.74. The number of hydrogen-bond donors (Lipinski definition) is 0. The smallest absolute Gasteiger partial charge is 0.151 e. The molecule has 16 heavy (non-hydrogen) atoms. The normalized spacial score (nSPS) is 11.1. The van der Waals surface area contributed by atoms with Crippen molar-refractivity contribution >= 4 is 44.5 Å². The van der Waals surface area contributed by atoms with Gasteiger partial charge in [0, 0.05) is 23.3 Å². The second kappa shape index (κ2) is 3.87. The molecule has 3 heterocycles. The molecular formula is C11H6BrClN2S. The molecule has 3 aromatic rings. The van der Waals surface area contributed by atoms with Gasteiger partial charge >= 0.3 is 0 Å². The third kappa shape index (κ3) is 1.67. The van der Waals surface area contributed by atoms with Crippen LogP contribution in [0.4, 0.5) is 0 Å². The fourth-order valence-electron chi connectivity index (χ4n) is 1.56. The maximum Gasteiger partial charge on any atom is 0.151 e. The predicted molar refractivity (Wildman–Crippen MR) is 71.2 cm³/mol. The molecule has 0 unspecified atom stereocenters. The highest BCUT2D eigenvalue weighted by atomic mass is 79.9. The van der Waals surface area contributed by atoms with Gasteiger partial charge in [-0.15, -0.1) is 11.3 Å². The summed E-state index contributed by atoms with van der Waals surface area (Å²) in [6.07, 6.45) is 3.98. The van der Waals surface area contributed by atoms with E-state index in [1.807, 2.05) is 40.4 Å². The standard InChI is InChI=1S/C11H6BrClN2S/c12-8-2-1-3-15-5-9(14-11(8)15)7-4-10(13)16-6-7/h1-6H. The Morgan fingerprint density at radius 1 is 1.44 bits per heavy atom. The first-order valence-electron chi connectivity index (χ1n) is 4.62. The molecule has 0 aromatic carbocycles. The van der Waals surface area contributed by atoms with Crippen LogP contribution in [0.5, 0.6) is 0 Å². The number of thiophene rings is 1. The highest BCUT2D eigenvalue weighted by Crippen LogP contribution is 2.29. The van der Waals surface area contributed by atoms with Crippen molar-refractivity contribution in [3.63, 3.8) is 0 Å². The van der Waals surface area contributed by atoms with Crippen LogP contribution in [0.2, 0.25) is 4.34 Å². The molecule has 0 fully saturated rings. The Morgan fingerprint density at radius 2 is 2.31 bits per heavy atom. The van der Waals surface area contributed by atoms with E-state index in [2.05, 4.69) is 20.9 Å². The number of halogens is 2. The number of aromatic nitrogens is 2. The quantitative estimate of drug-likeness (QED) is 0.647. The monoisotopic (exact) mass is 312 g/mol. The minimum absolute atomic E-state index is 0.783. The van der Waals surface area contributed by atoms with E-state index in [4.69, 9.17) is 11.6 Å². The maximum absolute atomic E-state index is 5.91. The Kier molecular flexibility index (Phi) is 2.50. The number of nitrogens with zero attached hydrogens (tertiary/aromatic N) is 2. The van der Waals surface area contributed by atoms with Gasteiger partial charge in [0.2, 0.25) is 0 Å². The Hall–Kier alpha value is -0.840. The molecule has 3 rings (SSSR count). The van der Waals surface area contributed by atoms with Crippen molar-refractivity contribution in [2.24, 2.45) is 0 Å². The summed E-state index contributed by atoms with van der Waals surface area (Å²) in [6, 6.07) is 5.89. The Bertz CT molecular complexity index is 659. The van der Waals surface area contributed by atoms with Gasteiger partial charge < -0.3 is 4.40 Å². The summed E-state index contributed by atoms with van der Waals surface area (Å²) in [5, 5.41) is 2.01. The molecule has 80 valence electrons. The summed E-state index contributed by atoms with van der Waals surface area (Å²) in [7, 11) is 0. The molecular weight excluding hydrogens is 308 g/mol. The number of rotatable bonds is 1. The first kappa shape index (κ1) is 10.3. The summed E-state index contributed by atoms with van der Waals surface area (Å²) in [6.45, 7) is 0. The van der Waals surface area contributed by atoms with Crippen LogP contribution >= 0.6 is 38.9 Å². The average Bonchev–Trinajstić information content (AvgIpc) is 2.84. The van der Waals surface area contributed by atoms with Crippen LogP contribution in [0.3, 0.4) is 0 Å². The molecule has 5 heteroatoms. The SMILES string of the molecule is Clc1cc(-c2cn3cccc(Br)c3n2)cs1. The molecule has 0 aliphatic carbocycles. The van der Waals surface area contributed by atoms with E-state index >= 15 is 0 Å². The van der Waals surface area contributed by atoms with Gasteiger partial charge in [0.05, 0.1) is 14.5 Å². The molecule has 0 aliphatic heterocycles. The second-order valence-corrected chi connectivity index (χ2v) is 5.75. The van der Waals surface area contributed by atoms with Crippen LogP contribution in [0.25, 0.3) is 16.9 Å². The van der Waals surface area contributed by atoms with E-state index in [1.54, 1.807) is 0 Å². The molecule has 0 bridgehead atoms. The predicted octanol–water partition coefficient (Wildman–Crippen LogP) is 4.48. The van der Waals surface area contributed by atoms with Crippen molar-refractivity contribution in [2.75, 3.05) is 0 Å². The van der Waals surface area contributed by atoms with Crippen molar-refractivity contribution in [3.8, 4) is 11.3 Å². The van der Waals surface area contributed by atoms with E-state index in [1.165, 1.54) is 11.3 Å². The third-order valence-corrected chi connectivity index (χ3v) is 4.01. The minimum Gasteiger partial charge on any atom is -0.306 e. The molecule has 0 saturated carbocycles. The zero-order chi connectivity index (χ0) is 11.1. The number of imidazole rings is 1. The van der Waals surface area contributed by atoms with E-state index in [-0.39, 0.29) is 0 Å². The summed E-state index contributed by atoms with van der Waals surface area (Å²) >= 11 is 10.9. The van der Waals surface area contributed by atoms with Gasteiger partial charge in [-0.3, -0.25) is 0 Å². The molecule has 0 atom stereocenters. The number of pyridine rings is 1. The third-order valence-electron chi connectivity index (χ3n) is 2.30. The van der Waals surface area contributed by atoms with Gasteiger partial charge in [-0.25, -0.2) is 4.98 Å². The van der Waals surface area contributed by atoms with Crippen LogP contribution in [0, 0.1) is 0 Å². The molecule has 2 nitrogen and oxygen atoms in total. The van der Waals surface area contributed by atoms with Crippen molar-refractivity contribution in [1.29, 1.82) is 0 Å². The van der Waals surface area contributed by atoms with E-state index in [0.29, 0.717) is 0 Å². The van der Waals surface area contributed by atoms with E-state index < -0.39 is 0 Å². The topological polar surface area (TPSA) is 17.3 Å². The van der Waals surface area contributed by atoms with E-state index in [9.17, 15) is 0 Å². The van der Waals surface area contributed by atoms with Crippen LogP contribution in [-0.2, 0) is 0 Å². The second-order valence-electron chi connectivity index (χ2n) is 3.35. The molecule has 0 spiro atoms. The number of fused-ring (bicyclic) bond motifs is 1. The molecule has 0 N–H and O–H groups in total. The van der Waals surface area contributed by atoms with Gasteiger partial charge in [0.15, 0.2) is 5.65 Å². The lowest BCUT2D eigenvalue weighted by Crippen LogP contribution is -1.80. The van der Waals surface area contributed by atoms with Crippen LogP contribution in [-0.4, -0.2) is 9.38 Å². The van der Waals surface area contributed by atoms with Gasteiger partial charge in [0.25, 0.3) is 0 Å². The van der Waals surface area contributed by atoms with Crippen LogP contribution in [0.15, 0.2) is 40.4 Å². The van der Waals surface area contributed by atoms with Crippen LogP contribution < -0.4 is 0 Å². The van der Waals surface area contributed by atoms with Crippen molar-refractivity contribution in [1.82, 2.24) is 9.38 Å². The van der Waals surface area contributed by atoms with Gasteiger partial charge in [-0.1, -0.05) is 11.6 Å². The Balaban J connectivity index is 2.22. The average molecular weight is 314 g/mol. The van der Waals surface area contributed by atoms with Gasteiger partial charge in [-0.2, -0.15) is 0 Å². The zero-order valence-electron chi connectivity index (χ0n) is 8.02. The van der Waals surface area contributed by atoms with Gasteiger partial charge in [-0.05, 0) is 34.1 Å². The van der Waals surface area contributed by atoms with Crippen molar-refractivity contribution in [2.45, 2.75) is 0 Å². The Morgan fingerprint density at radius 3 is 3.00 bits per heavy atom. The first-order valence-corrected chi connectivity index (χ1v) is 6.67. The Labute approximate surface area is 110 Å². The van der Waals surface area contributed by atoms with Crippen LogP contribution in [0.1, 0.15) is 0 Å². The fourth-order valence-corrected chi connectivity index (χ4v) is 2.88. The summed E-state index contributed by atoms with van der Waals surface area (Å²) in [4.78, 5) is 4.56. The molecule has 0 radical (unpaired) electrons. The lowest BCUT2D eigenvalue weighted by atomic mass is 10.3. The highest BCUT2D eigenvalue weighted by Gasteiger charge is 2.07. The minimum atomic E-state index is 0.783. The molecule has 0 saturated heterocycles. The highest BCUT2D eigenvalue weighted by molar-refractivity contribution is 9.10. The van der Waals surface area contributed by atoms with E-state index in [0.717, 1.165) is 25.7 Å². The lowest BCUT2D eigenvalue weighted by Gasteiger charge is -1.92. The molecule has 0 amide bonds. The maximum atomic E-state index is 5.91. The summed E-state index contributed by atoms with van der Waals surface area (Å²) in [5.41, 5.74) is 2.92. The van der Waals surface area contributed by atoms with Crippen molar-refractivity contribution in [3.05, 3.63) is 44.8 Å². The fraction of sp³-hybridized carbons (Fsp3) is 0. The number of hydrogen-bond acceptors (Lipinski definition) is 2. The lowest BCUT2D eigenvalue weighted by molar-refractivity contribution is 1.18. The summed E-state index contributed by atoms with van der Waals surface area (Å²) in [5.74, 6) is 0. The van der Waals surface area contributed by atoms with Crippen molar-refractivity contribution < 1.29 is 0 Å². The summed E-state index contributed by atoms with van der Waals surface area (Å²) < 4.78 is 3.76. The van der Waals surface area contributed by atoms with Gasteiger partial charge in [0.1, 0.15) is 0 Å². The largest absolute Gasteiger partial charge is 0.306 e. The zero-order valence-corrected chi connectivity index (χ0v) is 11.2. The molecule has 3 aromatic heterocycles.